The quantitative estimate of drug-likeness (QED) is 0.299. The summed E-state index contributed by atoms with van der Waals surface area (Å²) in [5, 5.41) is 0. The molecule has 0 saturated carbocycles. The van der Waals surface area contributed by atoms with Gasteiger partial charge in [-0.2, -0.15) is 0 Å². The van der Waals surface area contributed by atoms with Crippen molar-refractivity contribution in [2.24, 2.45) is 0 Å². The molecule has 0 amide bonds. The maximum atomic E-state index is 2.00. The van der Waals surface area contributed by atoms with Crippen LogP contribution in [0.2, 0.25) is 0 Å². The van der Waals surface area contributed by atoms with Gasteiger partial charge in [0.15, 0.2) is 0 Å². The molecule has 9 heteroatoms. The first-order valence-electron chi connectivity index (χ1n) is 3.00. The minimum absolute atomic E-state index is 0. The monoisotopic (exact) mass is 2090 g/mol. The predicted molar refractivity (Wildman–Crippen MR) is 72.7 cm³/mol. The van der Waals surface area contributed by atoms with Crippen LogP contribution in [0.5, 0.6) is 0 Å². The van der Waals surface area contributed by atoms with Gasteiger partial charge in [0, 0.05) is 249 Å². The Hall–Kier alpha value is 8.38. The van der Waals surface area contributed by atoms with E-state index in [0.717, 1.165) is 0 Å². The van der Waals surface area contributed by atoms with Crippen LogP contribution in [0.15, 0.2) is 0 Å². The Morgan fingerprint density at radius 1 is 0.250 bits per heavy atom. The summed E-state index contributed by atoms with van der Waals surface area (Å²) in [4.78, 5) is 0. The fourth-order valence-corrected chi connectivity index (χ4v) is 0. The van der Waals surface area contributed by atoms with Gasteiger partial charge < -0.3 is 6.15 Å². The standard InChI is InChI=1S/3C2H6.5CH4.H3N.8U/c3*1-2;;;;;;;;;;;;;;/h3*1-2H3;5*1H4;1H3;;;;;;;;. The van der Waals surface area contributed by atoms with E-state index in [1.165, 1.54) is 0 Å². The molecule has 0 atom stereocenters. The first kappa shape index (κ1) is 164. The van der Waals surface area contributed by atoms with Gasteiger partial charge in [0.1, 0.15) is 0 Å². The van der Waals surface area contributed by atoms with E-state index in [2.05, 4.69) is 0 Å². The van der Waals surface area contributed by atoms with Gasteiger partial charge >= 0.3 is 0 Å². The molecule has 0 aromatic rings. The predicted octanol–water partition coefficient (Wildman–Crippen LogP) is 6.42. The van der Waals surface area contributed by atoms with Gasteiger partial charge in [-0.25, -0.2) is 0 Å². The van der Waals surface area contributed by atoms with Crippen molar-refractivity contribution in [2.45, 2.75) is 78.7 Å². The van der Waals surface area contributed by atoms with Crippen LogP contribution in [0, 0.1) is 249 Å². The molecule has 0 fully saturated rings. The maximum Gasteiger partial charge on any atom is 0 e. The zero-order valence-corrected chi connectivity index (χ0v) is 44.0. The van der Waals surface area contributed by atoms with Crippen molar-refractivity contribution in [1.29, 1.82) is 0 Å². The second-order valence-electron chi connectivity index (χ2n) is 0. The minimum atomic E-state index is 0. The topological polar surface area (TPSA) is 35.0 Å². The average Bonchev–Trinajstić information content (AvgIpc) is 1.81. The fourth-order valence-electron chi connectivity index (χ4n) is 0. The maximum absolute atomic E-state index is 2.00. The molecule has 0 aliphatic rings. The summed E-state index contributed by atoms with van der Waals surface area (Å²) >= 11 is 0. The molecule has 0 aromatic carbocycles. The normalized spacial score (nSPS) is 0.900. The third kappa shape index (κ3) is 242. The summed E-state index contributed by atoms with van der Waals surface area (Å²) in [6.07, 6.45) is 0. The largest absolute Gasteiger partial charge is 0.344 e. The Balaban J connectivity index is -0.000000000333. The SMILES string of the molecule is C.C.C.C.C.CC.CC.CC.N.[U].[U].[U].[U].[U].[U].[U].[U]. The molecule has 0 rings (SSSR count). The van der Waals surface area contributed by atoms with E-state index >= 15 is 0 Å². The van der Waals surface area contributed by atoms with Crippen LogP contribution in [0.3, 0.4) is 0 Å². The van der Waals surface area contributed by atoms with E-state index < -0.39 is 0 Å². The summed E-state index contributed by atoms with van der Waals surface area (Å²) in [5.74, 6) is 0. The van der Waals surface area contributed by atoms with Crippen LogP contribution >= 0.6 is 0 Å². The Kier molecular flexibility index (Phi) is 2230. The molecular weight excluding hydrogens is 2050 g/mol. The first-order valence-corrected chi connectivity index (χ1v) is 3.00. The van der Waals surface area contributed by atoms with Crippen LogP contribution < -0.4 is 6.15 Å². The van der Waals surface area contributed by atoms with Crippen molar-refractivity contribution < 1.29 is 249 Å². The average molecular weight is 2090 g/mol. The van der Waals surface area contributed by atoms with E-state index in [-0.39, 0.29) is 292 Å². The number of rotatable bonds is 0. The molecule has 0 bridgehead atoms. The van der Waals surface area contributed by atoms with Crippen molar-refractivity contribution >= 4 is 0 Å². The molecule has 0 radical (unpaired) electrons. The van der Waals surface area contributed by atoms with Gasteiger partial charge in [0.25, 0.3) is 0 Å². The third-order valence-electron chi connectivity index (χ3n) is 0. The molecule has 0 saturated heterocycles. The van der Waals surface area contributed by atoms with E-state index in [4.69, 9.17) is 0 Å². The summed E-state index contributed by atoms with van der Waals surface area (Å²) in [6, 6.07) is 0. The van der Waals surface area contributed by atoms with E-state index in [1.54, 1.807) is 0 Å². The second kappa shape index (κ2) is 271. The molecule has 0 aliphatic heterocycles. The molecule has 0 spiro atoms. The molecule has 0 unspecified atom stereocenters. The molecule has 0 aliphatic carbocycles. The van der Waals surface area contributed by atoms with Gasteiger partial charge in [0.2, 0.25) is 0 Å². The Labute approximate surface area is 325 Å². The summed E-state index contributed by atoms with van der Waals surface area (Å²) in [7, 11) is 0. The van der Waals surface area contributed by atoms with Crippen molar-refractivity contribution in [3.8, 4) is 0 Å². The second-order valence-corrected chi connectivity index (χ2v) is 0. The molecular formula is C11H41NU8. The zero-order chi connectivity index (χ0) is 6.00. The summed E-state index contributed by atoms with van der Waals surface area (Å²) in [5.41, 5.74) is 0. The van der Waals surface area contributed by atoms with Crippen molar-refractivity contribution in [2.75, 3.05) is 0 Å². The van der Waals surface area contributed by atoms with E-state index in [0.29, 0.717) is 0 Å². The van der Waals surface area contributed by atoms with Crippen LogP contribution in [-0.4, -0.2) is 0 Å². The van der Waals surface area contributed by atoms with Crippen LogP contribution in [0.4, 0.5) is 0 Å². The van der Waals surface area contributed by atoms with Gasteiger partial charge in [-0.3, -0.25) is 0 Å². The van der Waals surface area contributed by atoms with Crippen LogP contribution in [-0.2, 0) is 0 Å². The number of hydrogen-bond donors (Lipinski definition) is 1. The zero-order valence-electron chi connectivity index (χ0n) is 10.7. The van der Waals surface area contributed by atoms with E-state index in [9.17, 15) is 0 Å². The van der Waals surface area contributed by atoms with Crippen molar-refractivity contribution in [3.05, 3.63) is 0 Å². The van der Waals surface area contributed by atoms with Crippen molar-refractivity contribution in [3.63, 3.8) is 0 Å². The van der Waals surface area contributed by atoms with Crippen LogP contribution in [0.1, 0.15) is 78.7 Å². The van der Waals surface area contributed by atoms with Gasteiger partial charge in [0.05, 0.1) is 0 Å². The molecule has 20 heavy (non-hydrogen) atoms. The molecule has 3 N–H and O–H groups in total. The summed E-state index contributed by atoms with van der Waals surface area (Å²) in [6.45, 7) is 12.0. The molecule has 0 heterocycles. The molecule has 122 valence electrons. The van der Waals surface area contributed by atoms with Crippen LogP contribution in [0.25, 0.3) is 0 Å². The summed E-state index contributed by atoms with van der Waals surface area (Å²) < 4.78 is 0. The molecule has 1 nitrogen and oxygen atoms in total. The number of hydrogen-bond acceptors (Lipinski definition) is 1. The Bertz CT molecular complexity index is 24.4. The fraction of sp³-hybridized carbons (Fsp3) is 1.00. The molecule has 0 aromatic heterocycles. The minimum Gasteiger partial charge on any atom is -0.344 e. The Morgan fingerprint density at radius 2 is 0.250 bits per heavy atom. The first-order chi connectivity index (χ1) is 3.00. The van der Waals surface area contributed by atoms with Gasteiger partial charge in [-0.05, 0) is 0 Å². The Morgan fingerprint density at radius 3 is 0.250 bits per heavy atom. The smallest absolute Gasteiger partial charge is 0 e. The van der Waals surface area contributed by atoms with Gasteiger partial charge in [-0.1, -0.05) is 78.7 Å². The third-order valence-corrected chi connectivity index (χ3v) is 0. The van der Waals surface area contributed by atoms with Gasteiger partial charge in [-0.15, -0.1) is 0 Å². The van der Waals surface area contributed by atoms with E-state index in [1.807, 2.05) is 41.5 Å². The van der Waals surface area contributed by atoms with Crippen molar-refractivity contribution in [1.82, 2.24) is 6.15 Å².